The highest BCUT2D eigenvalue weighted by Gasteiger charge is 2.29. The highest BCUT2D eigenvalue weighted by atomic mass is 19.1. The van der Waals surface area contributed by atoms with Gasteiger partial charge in [0.2, 0.25) is 0 Å². The van der Waals surface area contributed by atoms with Crippen molar-refractivity contribution in [1.82, 2.24) is 5.32 Å². The monoisotopic (exact) mass is 281 g/mol. The molecule has 2 heterocycles. The molecule has 0 spiro atoms. The summed E-state index contributed by atoms with van der Waals surface area (Å²) in [7, 11) is 0. The maximum Gasteiger partial charge on any atom is 0.167 e. The second-order valence-corrected chi connectivity index (χ2v) is 5.63. The molecular weight excluding hydrogens is 261 g/mol. The van der Waals surface area contributed by atoms with E-state index in [0.29, 0.717) is 43.4 Å². The maximum absolute atomic E-state index is 14.3. The van der Waals surface area contributed by atoms with E-state index in [1.165, 1.54) is 0 Å². The van der Waals surface area contributed by atoms with Crippen LogP contribution < -0.4 is 14.8 Å². The van der Waals surface area contributed by atoms with Crippen molar-refractivity contribution in [2.75, 3.05) is 32.9 Å². The van der Waals surface area contributed by atoms with Crippen LogP contribution in [0.4, 0.5) is 4.39 Å². The summed E-state index contributed by atoms with van der Waals surface area (Å²) in [5.74, 6) is 1.31. The number of benzene rings is 1. The van der Waals surface area contributed by atoms with Crippen molar-refractivity contribution >= 4 is 0 Å². The molecule has 1 aromatic rings. The Labute approximate surface area is 118 Å². The minimum absolute atomic E-state index is 0.124. The molecule has 0 aliphatic carbocycles. The molecule has 3 rings (SSSR count). The van der Waals surface area contributed by atoms with Gasteiger partial charge in [-0.05, 0) is 31.5 Å². The number of fused-ring (bicyclic) bond motifs is 1. The zero-order valence-corrected chi connectivity index (χ0v) is 11.9. The van der Waals surface area contributed by atoms with Gasteiger partial charge in [0, 0.05) is 18.7 Å². The Morgan fingerprint density at radius 2 is 2.00 bits per heavy atom. The predicted octanol–water partition coefficient (Wildman–Crippen LogP) is 2.32. The molecule has 4 nitrogen and oxygen atoms in total. The number of nitrogens with one attached hydrogen (secondary N) is 1. The summed E-state index contributed by atoms with van der Waals surface area (Å²) in [4.78, 5) is 0. The van der Waals surface area contributed by atoms with Crippen molar-refractivity contribution < 1.29 is 18.6 Å². The standard InChI is InChI=1S/C15H20FNO3/c1-15(2,16)10-7-11(13-9-17-3-4-18-13)14-12(8-10)19-5-6-20-14/h7-8,13,17H,3-6,9H2,1-2H3. The number of rotatable bonds is 2. The van der Waals surface area contributed by atoms with Gasteiger partial charge in [0.05, 0.1) is 12.7 Å². The number of hydrogen-bond donors (Lipinski definition) is 1. The smallest absolute Gasteiger partial charge is 0.167 e. The normalized spacial score (nSPS) is 22.6. The Morgan fingerprint density at radius 1 is 1.20 bits per heavy atom. The zero-order chi connectivity index (χ0) is 14.2. The second-order valence-electron chi connectivity index (χ2n) is 5.63. The van der Waals surface area contributed by atoms with Crippen LogP contribution in [0.25, 0.3) is 0 Å². The Morgan fingerprint density at radius 3 is 2.70 bits per heavy atom. The molecule has 1 fully saturated rings. The summed E-state index contributed by atoms with van der Waals surface area (Å²) in [5, 5.41) is 3.28. The summed E-state index contributed by atoms with van der Waals surface area (Å²) in [6.07, 6.45) is -0.124. The van der Waals surface area contributed by atoms with Crippen LogP contribution in [0.1, 0.15) is 31.1 Å². The minimum Gasteiger partial charge on any atom is -0.486 e. The van der Waals surface area contributed by atoms with E-state index >= 15 is 0 Å². The van der Waals surface area contributed by atoms with Gasteiger partial charge in [-0.1, -0.05) is 0 Å². The molecule has 0 aromatic heterocycles. The molecule has 1 N–H and O–H groups in total. The van der Waals surface area contributed by atoms with Crippen molar-refractivity contribution in [3.05, 3.63) is 23.3 Å². The van der Waals surface area contributed by atoms with E-state index in [9.17, 15) is 4.39 Å². The first kappa shape index (κ1) is 13.6. The van der Waals surface area contributed by atoms with E-state index in [4.69, 9.17) is 14.2 Å². The van der Waals surface area contributed by atoms with Crippen molar-refractivity contribution in [2.24, 2.45) is 0 Å². The Hall–Kier alpha value is -1.33. The fourth-order valence-corrected chi connectivity index (χ4v) is 2.53. The lowest BCUT2D eigenvalue weighted by Crippen LogP contribution is -2.34. The maximum atomic E-state index is 14.3. The van der Waals surface area contributed by atoms with Crippen LogP contribution in [-0.2, 0) is 10.4 Å². The van der Waals surface area contributed by atoms with Crippen molar-refractivity contribution in [2.45, 2.75) is 25.6 Å². The van der Waals surface area contributed by atoms with Crippen LogP contribution in [0.3, 0.4) is 0 Å². The highest BCUT2D eigenvalue weighted by Crippen LogP contribution is 2.42. The van der Waals surface area contributed by atoms with Crippen LogP contribution in [0.2, 0.25) is 0 Å². The number of alkyl halides is 1. The van der Waals surface area contributed by atoms with E-state index in [1.807, 2.05) is 6.07 Å². The molecule has 0 radical (unpaired) electrons. The molecule has 1 atom stereocenters. The Kier molecular flexibility index (Phi) is 3.56. The molecule has 1 saturated heterocycles. The second kappa shape index (κ2) is 5.22. The first-order valence-electron chi connectivity index (χ1n) is 7.01. The van der Waals surface area contributed by atoms with Crippen LogP contribution in [0.15, 0.2) is 12.1 Å². The summed E-state index contributed by atoms with van der Waals surface area (Å²) < 4.78 is 31.4. The van der Waals surface area contributed by atoms with Gasteiger partial charge in [-0.15, -0.1) is 0 Å². The number of ether oxygens (including phenoxy) is 3. The minimum atomic E-state index is -1.42. The fourth-order valence-electron chi connectivity index (χ4n) is 2.53. The lowest BCUT2D eigenvalue weighted by Gasteiger charge is -2.30. The quantitative estimate of drug-likeness (QED) is 0.903. The summed E-state index contributed by atoms with van der Waals surface area (Å²) >= 11 is 0. The predicted molar refractivity (Wildman–Crippen MR) is 73.1 cm³/mol. The molecule has 0 bridgehead atoms. The molecule has 20 heavy (non-hydrogen) atoms. The zero-order valence-electron chi connectivity index (χ0n) is 11.9. The van der Waals surface area contributed by atoms with Crippen LogP contribution in [0.5, 0.6) is 11.5 Å². The largest absolute Gasteiger partial charge is 0.486 e. The third-order valence-corrected chi connectivity index (χ3v) is 3.63. The van der Waals surface area contributed by atoms with Crippen LogP contribution >= 0.6 is 0 Å². The molecule has 110 valence electrons. The van der Waals surface area contributed by atoms with Gasteiger partial charge in [0.1, 0.15) is 18.9 Å². The number of hydrogen-bond acceptors (Lipinski definition) is 4. The first-order chi connectivity index (χ1) is 9.55. The topological polar surface area (TPSA) is 39.7 Å². The highest BCUT2D eigenvalue weighted by molar-refractivity contribution is 5.52. The molecule has 0 amide bonds. The van der Waals surface area contributed by atoms with E-state index in [1.54, 1.807) is 19.9 Å². The average Bonchev–Trinajstić information content (AvgIpc) is 2.46. The molecule has 1 aromatic carbocycles. The van der Waals surface area contributed by atoms with E-state index in [-0.39, 0.29) is 6.10 Å². The average molecular weight is 281 g/mol. The van der Waals surface area contributed by atoms with E-state index in [0.717, 1.165) is 12.1 Å². The van der Waals surface area contributed by atoms with E-state index in [2.05, 4.69) is 5.32 Å². The van der Waals surface area contributed by atoms with Crippen molar-refractivity contribution in [3.8, 4) is 11.5 Å². The molecule has 0 saturated carbocycles. The van der Waals surface area contributed by atoms with Gasteiger partial charge in [-0.2, -0.15) is 0 Å². The molecule has 1 unspecified atom stereocenters. The fraction of sp³-hybridized carbons (Fsp3) is 0.600. The van der Waals surface area contributed by atoms with Gasteiger partial charge in [0.25, 0.3) is 0 Å². The summed E-state index contributed by atoms with van der Waals surface area (Å²) in [5.41, 5.74) is 0.0354. The SMILES string of the molecule is CC(C)(F)c1cc2c(c(C3CNCCO3)c1)OCCO2. The Balaban J connectivity index is 2.05. The molecular formula is C15H20FNO3. The summed E-state index contributed by atoms with van der Waals surface area (Å²) in [6.45, 7) is 6.27. The van der Waals surface area contributed by atoms with Gasteiger partial charge in [-0.3, -0.25) is 0 Å². The van der Waals surface area contributed by atoms with Gasteiger partial charge in [-0.25, -0.2) is 4.39 Å². The lowest BCUT2D eigenvalue weighted by atomic mass is 9.94. The molecule has 2 aliphatic rings. The molecule has 2 aliphatic heterocycles. The summed E-state index contributed by atoms with van der Waals surface area (Å²) in [6, 6.07) is 3.57. The Bertz CT molecular complexity index is 493. The number of morpholine rings is 1. The van der Waals surface area contributed by atoms with Crippen LogP contribution in [0, 0.1) is 0 Å². The van der Waals surface area contributed by atoms with Crippen molar-refractivity contribution in [3.63, 3.8) is 0 Å². The van der Waals surface area contributed by atoms with Crippen molar-refractivity contribution in [1.29, 1.82) is 0 Å². The third-order valence-electron chi connectivity index (χ3n) is 3.63. The lowest BCUT2D eigenvalue weighted by molar-refractivity contribution is 0.0242. The number of halogens is 1. The van der Waals surface area contributed by atoms with E-state index < -0.39 is 5.67 Å². The van der Waals surface area contributed by atoms with Crippen LogP contribution in [-0.4, -0.2) is 32.9 Å². The first-order valence-corrected chi connectivity index (χ1v) is 7.01. The third kappa shape index (κ3) is 2.60. The molecule has 5 heteroatoms. The van der Waals surface area contributed by atoms with Gasteiger partial charge >= 0.3 is 0 Å². The van der Waals surface area contributed by atoms with Gasteiger partial charge in [0.15, 0.2) is 11.5 Å². The van der Waals surface area contributed by atoms with Gasteiger partial charge < -0.3 is 19.5 Å².